The van der Waals surface area contributed by atoms with Crippen molar-refractivity contribution in [2.45, 2.75) is 46.2 Å². The van der Waals surface area contributed by atoms with Crippen LogP contribution in [-0.2, 0) is 14.6 Å². The maximum Gasteiger partial charge on any atom is 0.239 e. The number of sulfone groups is 1. The Hall–Kier alpha value is -1.56. The third kappa shape index (κ3) is 4.70. The average Bonchev–Trinajstić information content (AvgIpc) is 2.78. The van der Waals surface area contributed by atoms with Gasteiger partial charge in [0.05, 0.1) is 18.1 Å². The van der Waals surface area contributed by atoms with Crippen LogP contribution in [0, 0.1) is 13.8 Å². The van der Waals surface area contributed by atoms with Crippen molar-refractivity contribution in [2.24, 2.45) is 0 Å². The van der Waals surface area contributed by atoms with Crippen LogP contribution in [0.4, 0.5) is 5.69 Å². The third-order valence-electron chi connectivity index (χ3n) is 4.21. The summed E-state index contributed by atoms with van der Waals surface area (Å²) in [6, 6.07) is 6.12. The second kappa shape index (κ2) is 6.91. The van der Waals surface area contributed by atoms with Gasteiger partial charge in [0.2, 0.25) is 5.91 Å². The Morgan fingerprint density at radius 1 is 1.35 bits per heavy atom. The molecule has 0 bridgehead atoms. The minimum Gasteiger partial charge on any atom is -0.360 e. The molecule has 1 saturated heterocycles. The molecule has 0 aromatic heterocycles. The zero-order valence-corrected chi connectivity index (χ0v) is 15.1. The molecular weight excluding hydrogens is 312 g/mol. The van der Waals surface area contributed by atoms with E-state index in [4.69, 9.17) is 0 Å². The molecule has 5 nitrogen and oxygen atoms in total. The second-order valence-corrected chi connectivity index (χ2v) is 8.91. The van der Waals surface area contributed by atoms with E-state index in [0.717, 1.165) is 16.8 Å². The SMILES string of the molecule is Cc1ccc(C)c(N(CC(=O)N[C@@H]2CCS(=O)(=O)C2)C(C)C)c1. The van der Waals surface area contributed by atoms with Crippen LogP contribution in [0.15, 0.2) is 18.2 Å². The number of carbonyl (C=O) groups excluding carboxylic acids is 1. The van der Waals surface area contributed by atoms with Gasteiger partial charge in [-0.25, -0.2) is 8.42 Å². The number of carbonyl (C=O) groups is 1. The zero-order chi connectivity index (χ0) is 17.2. The monoisotopic (exact) mass is 338 g/mol. The minimum atomic E-state index is -2.98. The van der Waals surface area contributed by atoms with Gasteiger partial charge < -0.3 is 10.2 Å². The lowest BCUT2D eigenvalue weighted by Crippen LogP contribution is -2.45. The molecule has 1 N–H and O–H groups in total. The summed E-state index contributed by atoms with van der Waals surface area (Å²) in [4.78, 5) is 14.4. The molecule has 0 aliphatic carbocycles. The van der Waals surface area contributed by atoms with Crippen molar-refractivity contribution in [1.29, 1.82) is 0 Å². The Balaban J connectivity index is 2.08. The van der Waals surface area contributed by atoms with Crippen molar-refractivity contribution < 1.29 is 13.2 Å². The van der Waals surface area contributed by atoms with Crippen LogP contribution in [0.1, 0.15) is 31.4 Å². The number of rotatable bonds is 5. The molecule has 1 aromatic rings. The molecule has 2 rings (SSSR count). The van der Waals surface area contributed by atoms with E-state index in [0.29, 0.717) is 6.42 Å². The first-order valence-corrected chi connectivity index (χ1v) is 9.84. The summed E-state index contributed by atoms with van der Waals surface area (Å²) < 4.78 is 23.0. The van der Waals surface area contributed by atoms with Gasteiger partial charge in [-0.15, -0.1) is 0 Å². The first kappa shape index (κ1) is 17.8. The highest BCUT2D eigenvalue weighted by atomic mass is 32.2. The fourth-order valence-corrected chi connectivity index (χ4v) is 4.58. The van der Waals surface area contributed by atoms with Crippen molar-refractivity contribution in [3.05, 3.63) is 29.3 Å². The smallest absolute Gasteiger partial charge is 0.239 e. The number of hydrogen-bond donors (Lipinski definition) is 1. The highest BCUT2D eigenvalue weighted by Crippen LogP contribution is 2.23. The molecule has 0 saturated carbocycles. The number of hydrogen-bond acceptors (Lipinski definition) is 4. The van der Waals surface area contributed by atoms with Crippen LogP contribution in [0.2, 0.25) is 0 Å². The van der Waals surface area contributed by atoms with Crippen molar-refractivity contribution in [3.8, 4) is 0 Å². The van der Waals surface area contributed by atoms with Gasteiger partial charge >= 0.3 is 0 Å². The molecular formula is C17H26N2O3S. The van der Waals surface area contributed by atoms with Crippen LogP contribution in [0.3, 0.4) is 0 Å². The predicted octanol–water partition coefficient (Wildman–Crippen LogP) is 1.82. The summed E-state index contributed by atoms with van der Waals surface area (Å²) in [6.45, 7) is 8.40. The number of nitrogens with one attached hydrogen (secondary N) is 1. The lowest BCUT2D eigenvalue weighted by Gasteiger charge is -2.30. The van der Waals surface area contributed by atoms with E-state index < -0.39 is 9.84 Å². The van der Waals surface area contributed by atoms with Gasteiger partial charge in [-0.2, -0.15) is 0 Å². The number of amides is 1. The van der Waals surface area contributed by atoms with E-state index in [2.05, 4.69) is 42.3 Å². The molecule has 1 aromatic carbocycles. The van der Waals surface area contributed by atoms with Crippen LogP contribution in [-0.4, -0.2) is 44.5 Å². The highest BCUT2D eigenvalue weighted by molar-refractivity contribution is 7.91. The van der Waals surface area contributed by atoms with Crippen LogP contribution in [0.25, 0.3) is 0 Å². The van der Waals surface area contributed by atoms with Gasteiger partial charge in [-0.3, -0.25) is 4.79 Å². The van der Waals surface area contributed by atoms with Gasteiger partial charge in [0.15, 0.2) is 9.84 Å². The normalized spacial score (nSPS) is 19.8. The van der Waals surface area contributed by atoms with Crippen molar-refractivity contribution in [2.75, 3.05) is 23.0 Å². The van der Waals surface area contributed by atoms with Gasteiger partial charge in [0, 0.05) is 17.8 Å². The van der Waals surface area contributed by atoms with Crippen molar-refractivity contribution in [3.63, 3.8) is 0 Å². The van der Waals surface area contributed by atoms with E-state index in [9.17, 15) is 13.2 Å². The van der Waals surface area contributed by atoms with E-state index in [1.165, 1.54) is 0 Å². The maximum atomic E-state index is 12.3. The van der Waals surface area contributed by atoms with Crippen LogP contribution in [0.5, 0.6) is 0 Å². The summed E-state index contributed by atoms with van der Waals surface area (Å²) in [7, 11) is -2.98. The average molecular weight is 338 g/mol. The van der Waals surface area contributed by atoms with Crippen molar-refractivity contribution >= 4 is 21.4 Å². The molecule has 23 heavy (non-hydrogen) atoms. The molecule has 0 radical (unpaired) electrons. The molecule has 1 heterocycles. The van der Waals surface area contributed by atoms with Crippen molar-refractivity contribution in [1.82, 2.24) is 5.32 Å². The summed E-state index contributed by atoms with van der Waals surface area (Å²) in [5.41, 5.74) is 3.33. The second-order valence-electron chi connectivity index (χ2n) is 6.68. The number of nitrogens with zero attached hydrogens (tertiary/aromatic N) is 1. The molecule has 1 amide bonds. The molecule has 1 aliphatic rings. The summed E-state index contributed by atoms with van der Waals surface area (Å²) >= 11 is 0. The minimum absolute atomic E-state index is 0.0594. The molecule has 0 unspecified atom stereocenters. The lowest BCUT2D eigenvalue weighted by molar-refractivity contribution is -0.120. The zero-order valence-electron chi connectivity index (χ0n) is 14.3. The number of aryl methyl sites for hydroxylation is 2. The Kier molecular flexibility index (Phi) is 5.34. The predicted molar refractivity (Wildman–Crippen MR) is 93.6 cm³/mol. The molecule has 6 heteroatoms. The van der Waals surface area contributed by atoms with Gasteiger partial charge in [-0.1, -0.05) is 12.1 Å². The Labute approximate surface area is 139 Å². The standard InChI is InChI=1S/C17H26N2O3S/c1-12(2)19(16-9-13(3)5-6-14(16)4)10-17(20)18-15-7-8-23(21,22)11-15/h5-6,9,12,15H,7-8,10-11H2,1-4H3,(H,18,20)/t15-/m1/s1. The van der Waals surface area contributed by atoms with Gasteiger partial charge in [-0.05, 0) is 51.3 Å². The van der Waals surface area contributed by atoms with Crippen LogP contribution < -0.4 is 10.2 Å². The maximum absolute atomic E-state index is 12.3. The Morgan fingerprint density at radius 2 is 2.04 bits per heavy atom. The molecule has 1 aliphatic heterocycles. The first-order valence-electron chi connectivity index (χ1n) is 8.01. The Bertz CT molecular complexity index is 683. The summed E-state index contributed by atoms with van der Waals surface area (Å²) in [6.07, 6.45) is 0.513. The fraction of sp³-hybridized carbons (Fsp3) is 0.588. The highest BCUT2D eigenvalue weighted by Gasteiger charge is 2.29. The topological polar surface area (TPSA) is 66.5 Å². The summed E-state index contributed by atoms with van der Waals surface area (Å²) in [5, 5.41) is 2.86. The van der Waals surface area contributed by atoms with E-state index >= 15 is 0 Å². The molecule has 0 spiro atoms. The molecule has 128 valence electrons. The quantitative estimate of drug-likeness (QED) is 0.889. The summed E-state index contributed by atoms with van der Waals surface area (Å²) in [5.74, 6) is 0.105. The number of benzene rings is 1. The van der Waals surface area contributed by atoms with E-state index in [1.807, 2.05) is 13.8 Å². The van der Waals surface area contributed by atoms with E-state index in [-0.39, 0.29) is 36.0 Å². The largest absolute Gasteiger partial charge is 0.360 e. The lowest BCUT2D eigenvalue weighted by atomic mass is 10.1. The Morgan fingerprint density at radius 3 is 2.61 bits per heavy atom. The van der Waals surface area contributed by atoms with Gasteiger partial charge in [0.1, 0.15) is 0 Å². The first-order chi connectivity index (χ1) is 10.7. The fourth-order valence-electron chi connectivity index (χ4n) is 2.91. The number of anilines is 1. The van der Waals surface area contributed by atoms with E-state index in [1.54, 1.807) is 0 Å². The molecule has 1 fully saturated rings. The third-order valence-corrected chi connectivity index (χ3v) is 5.98. The van der Waals surface area contributed by atoms with Gasteiger partial charge in [0.25, 0.3) is 0 Å². The molecule has 1 atom stereocenters. The van der Waals surface area contributed by atoms with Crippen LogP contribution >= 0.6 is 0 Å².